The standard InChI is InChI=1S/C18H20ClN3O4S2/c19-15-5-2-1-4-14(15)18(24)20-12-16(23)22-9-7-13(8-10-22)21-28(25,26)17-6-3-11-27-17/h1-6,11,13,21H,7-10,12H2,(H,20,24). The van der Waals surface area contributed by atoms with Gasteiger partial charge in [-0.15, -0.1) is 11.3 Å². The first-order valence-electron chi connectivity index (χ1n) is 8.73. The molecule has 28 heavy (non-hydrogen) atoms. The summed E-state index contributed by atoms with van der Waals surface area (Å²) in [6.45, 7) is 0.729. The molecule has 2 amide bonds. The van der Waals surface area contributed by atoms with Crippen molar-refractivity contribution < 1.29 is 18.0 Å². The number of hydrogen-bond acceptors (Lipinski definition) is 5. The van der Waals surface area contributed by atoms with E-state index in [0.29, 0.717) is 36.5 Å². The van der Waals surface area contributed by atoms with E-state index in [1.54, 1.807) is 46.7 Å². The molecule has 1 aliphatic rings. The highest BCUT2D eigenvalue weighted by Crippen LogP contribution is 2.19. The van der Waals surface area contributed by atoms with Crippen molar-refractivity contribution in [3.63, 3.8) is 0 Å². The van der Waals surface area contributed by atoms with Crippen molar-refractivity contribution in [2.75, 3.05) is 19.6 Å². The van der Waals surface area contributed by atoms with Gasteiger partial charge in [-0.3, -0.25) is 9.59 Å². The fraction of sp³-hybridized carbons (Fsp3) is 0.333. The molecule has 7 nitrogen and oxygen atoms in total. The SMILES string of the molecule is O=C(NCC(=O)N1CCC(NS(=O)(=O)c2cccs2)CC1)c1ccccc1Cl. The van der Waals surface area contributed by atoms with Crippen molar-refractivity contribution >= 4 is 44.8 Å². The maximum absolute atomic E-state index is 12.3. The Hall–Kier alpha value is -1.94. The van der Waals surface area contributed by atoms with E-state index in [9.17, 15) is 18.0 Å². The summed E-state index contributed by atoms with van der Waals surface area (Å²) in [4.78, 5) is 26.1. The molecule has 1 aliphatic heterocycles. The molecule has 1 aromatic heterocycles. The highest BCUT2D eigenvalue weighted by Gasteiger charge is 2.27. The van der Waals surface area contributed by atoms with Crippen molar-refractivity contribution in [1.29, 1.82) is 0 Å². The summed E-state index contributed by atoms with van der Waals surface area (Å²) >= 11 is 7.15. The van der Waals surface area contributed by atoms with E-state index < -0.39 is 15.9 Å². The van der Waals surface area contributed by atoms with Gasteiger partial charge in [0.25, 0.3) is 5.91 Å². The van der Waals surface area contributed by atoms with Gasteiger partial charge in [-0.2, -0.15) is 0 Å². The zero-order valence-electron chi connectivity index (χ0n) is 14.9. The normalized spacial score (nSPS) is 15.4. The number of benzene rings is 1. The number of carbonyl (C=O) groups is 2. The molecule has 0 unspecified atom stereocenters. The van der Waals surface area contributed by atoms with Crippen LogP contribution in [0, 0.1) is 0 Å². The molecule has 0 atom stereocenters. The van der Waals surface area contributed by atoms with E-state index >= 15 is 0 Å². The number of amides is 2. The number of nitrogens with one attached hydrogen (secondary N) is 2. The average molecular weight is 442 g/mol. The molecule has 2 heterocycles. The number of sulfonamides is 1. The molecule has 2 aromatic rings. The summed E-state index contributed by atoms with van der Waals surface area (Å²) < 4.78 is 27.5. The Balaban J connectivity index is 1.46. The number of carbonyl (C=O) groups excluding carboxylic acids is 2. The van der Waals surface area contributed by atoms with Gasteiger partial charge in [0.1, 0.15) is 4.21 Å². The highest BCUT2D eigenvalue weighted by molar-refractivity contribution is 7.91. The molecular formula is C18H20ClN3O4S2. The fourth-order valence-corrected chi connectivity index (χ4v) is 5.48. The van der Waals surface area contributed by atoms with E-state index in [4.69, 9.17) is 11.6 Å². The predicted molar refractivity (Wildman–Crippen MR) is 108 cm³/mol. The minimum atomic E-state index is -3.51. The first-order chi connectivity index (χ1) is 13.4. The average Bonchev–Trinajstić information content (AvgIpc) is 3.22. The Morgan fingerprint density at radius 2 is 1.86 bits per heavy atom. The lowest BCUT2D eigenvalue weighted by molar-refractivity contribution is -0.131. The molecule has 10 heteroatoms. The van der Waals surface area contributed by atoms with Crippen LogP contribution < -0.4 is 10.0 Å². The molecule has 0 bridgehead atoms. The minimum absolute atomic E-state index is 0.129. The maximum atomic E-state index is 12.3. The Bertz CT molecular complexity index is 940. The van der Waals surface area contributed by atoms with E-state index in [-0.39, 0.29) is 22.7 Å². The monoisotopic (exact) mass is 441 g/mol. The summed E-state index contributed by atoms with van der Waals surface area (Å²) in [7, 11) is -3.51. The largest absolute Gasteiger partial charge is 0.343 e. The van der Waals surface area contributed by atoms with Gasteiger partial charge >= 0.3 is 0 Å². The summed E-state index contributed by atoms with van der Waals surface area (Å²) in [5, 5.41) is 4.62. The van der Waals surface area contributed by atoms with Crippen molar-refractivity contribution in [1.82, 2.24) is 14.9 Å². The van der Waals surface area contributed by atoms with Crippen LogP contribution in [0.3, 0.4) is 0 Å². The van der Waals surface area contributed by atoms with Crippen molar-refractivity contribution in [3.8, 4) is 0 Å². The molecule has 1 saturated heterocycles. The van der Waals surface area contributed by atoms with Gasteiger partial charge in [0, 0.05) is 19.1 Å². The van der Waals surface area contributed by atoms with Crippen LogP contribution in [0.2, 0.25) is 5.02 Å². The van der Waals surface area contributed by atoms with E-state index in [2.05, 4.69) is 10.0 Å². The number of rotatable bonds is 6. The van der Waals surface area contributed by atoms with Gasteiger partial charge in [0.2, 0.25) is 15.9 Å². The number of thiophene rings is 1. The van der Waals surface area contributed by atoms with Crippen LogP contribution in [0.25, 0.3) is 0 Å². The van der Waals surface area contributed by atoms with Gasteiger partial charge in [-0.25, -0.2) is 13.1 Å². The third-order valence-electron chi connectivity index (χ3n) is 4.45. The molecule has 1 aromatic carbocycles. The van der Waals surface area contributed by atoms with E-state index in [1.165, 1.54) is 11.3 Å². The number of nitrogens with zero attached hydrogens (tertiary/aromatic N) is 1. The molecule has 0 spiro atoms. The molecule has 0 radical (unpaired) electrons. The fourth-order valence-electron chi connectivity index (χ4n) is 2.95. The topological polar surface area (TPSA) is 95.6 Å². The second-order valence-corrected chi connectivity index (χ2v) is 9.67. The van der Waals surface area contributed by atoms with Gasteiger partial charge in [-0.1, -0.05) is 29.8 Å². The number of hydrogen-bond donors (Lipinski definition) is 2. The first kappa shape index (κ1) is 20.8. The Kier molecular flexibility index (Phi) is 6.71. The van der Waals surface area contributed by atoms with Crippen LogP contribution >= 0.6 is 22.9 Å². The van der Waals surface area contributed by atoms with Gasteiger partial charge in [0.15, 0.2) is 0 Å². The van der Waals surface area contributed by atoms with Crippen LogP contribution in [0.1, 0.15) is 23.2 Å². The summed E-state index contributed by atoms with van der Waals surface area (Å²) in [6, 6.07) is 9.67. The van der Waals surface area contributed by atoms with Crippen molar-refractivity contribution in [2.24, 2.45) is 0 Å². The molecular weight excluding hydrogens is 422 g/mol. The van der Waals surface area contributed by atoms with Gasteiger partial charge in [0.05, 0.1) is 17.1 Å². The third kappa shape index (κ3) is 5.11. The highest BCUT2D eigenvalue weighted by atomic mass is 35.5. The third-order valence-corrected chi connectivity index (χ3v) is 7.70. The van der Waals surface area contributed by atoms with E-state index in [0.717, 1.165) is 0 Å². The summed E-state index contributed by atoms with van der Waals surface area (Å²) in [5.41, 5.74) is 0.318. The lowest BCUT2D eigenvalue weighted by Gasteiger charge is -2.32. The van der Waals surface area contributed by atoms with E-state index in [1.807, 2.05) is 0 Å². The van der Waals surface area contributed by atoms with Crippen LogP contribution in [-0.4, -0.2) is 50.8 Å². The first-order valence-corrected chi connectivity index (χ1v) is 11.5. The Morgan fingerprint density at radius 1 is 1.14 bits per heavy atom. The maximum Gasteiger partial charge on any atom is 0.253 e. The van der Waals surface area contributed by atoms with Crippen LogP contribution in [0.5, 0.6) is 0 Å². The quantitative estimate of drug-likeness (QED) is 0.717. The lowest BCUT2D eigenvalue weighted by Crippen LogP contribution is -2.48. The number of halogens is 1. The number of piperidine rings is 1. The predicted octanol–water partition coefficient (Wildman–Crippen LogP) is 2.10. The zero-order chi connectivity index (χ0) is 20.1. The smallest absolute Gasteiger partial charge is 0.253 e. The molecule has 3 rings (SSSR count). The van der Waals surface area contributed by atoms with Gasteiger partial charge < -0.3 is 10.2 Å². The lowest BCUT2D eigenvalue weighted by atomic mass is 10.1. The van der Waals surface area contributed by atoms with Gasteiger partial charge in [-0.05, 0) is 36.4 Å². The molecule has 1 fully saturated rings. The molecule has 150 valence electrons. The van der Waals surface area contributed by atoms with Crippen molar-refractivity contribution in [2.45, 2.75) is 23.1 Å². The molecule has 2 N–H and O–H groups in total. The zero-order valence-corrected chi connectivity index (χ0v) is 17.3. The second-order valence-electron chi connectivity index (χ2n) is 6.37. The van der Waals surface area contributed by atoms with Crippen LogP contribution in [0.15, 0.2) is 46.0 Å². The molecule has 0 saturated carbocycles. The molecule has 0 aliphatic carbocycles. The Labute approximate surface area is 172 Å². The number of likely N-dealkylation sites (tertiary alicyclic amines) is 1. The van der Waals surface area contributed by atoms with Crippen LogP contribution in [0.4, 0.5) is 0 Å². The Morgan fingerprint density at radius 3 is 2.50 bits per heavy atom. The summed E-state index contributed by atoms with van der Waals surface area (Å²) in [5.74, 6) is -0.613. The minimum Gasteiger partial charge on any atom is -0.343 e. The van der Waals surface area contributed by atoms with Crippen molar-refractivity contribution in [3.05, 3.63) is 52.4 Å². The second kappa shape index (κ2) is 9.04. The summed E-state index contributed by atoms with van der Waals surface area (Å²) in [6.07, 6.45) is 1.05. The van der Waals surface area contributed by atoms with Crippen LogP contribution in [-0.2, 0) is 14.8 Å².